The summed E-state index contributed by atoms with van der Waals surface area (Å²) < 4.78 is 0. The van der Waals surface area contributed by atoms with Crippen molar-refractivity contribution in [2.75, 3.05) is 0 Å². The fraction of sp³-hybridized carbons (Fsp3) is 0.750. The SMILES string of the molecule is C=C(CC(C)C)/N=C(\C)CC(C)C. The Bertz CT molecular complexity index is 187. The van der Waals surface area contributed by atoms with E-state index in [2.05, 4.69) is 46.2 Å². The second-order valence-corrected chi connectivity index (χ2v) is 4.61. The summed E-state index contributed by atoms with van der Waals surface area (Å²) in [6.07, 6.45) is 2.09. The van der Waals surface area contributed by atoms with E-state index in [0.717, 1.165) is 18.5 Å². The molecule has 0 aliphatic rings. The van der Waals surface area contributed by atoms with E-state index in [4.69, 9.17) is 0 Å². The number of rotatable bonds is 5. The molecule has 0 bridgehead atoms. The van der Waals surface area contributed by atoms with Gasteiger partial charge in [-0.05, 0) is 31.6 Å². The highest BCUT2D eigenvalue weighted by Crippen LogP contribution is 2.11. The van der Waals surface area contributed by atoms with Crippen molar-refractivity contribution < 1.29 is 0 Å². The average Bonchev–Trinajstić information content (AvgIpc) is 1.80. The summed E-state index contributed by atoms with van der Waals surface area (Å²) in [6.45, 7) is 14.9. The van der Waals surface area contributed by atoms with Crippen LogP contribution in [0.2, 0.25) is 0 Å². The van der Waals surface area contributed by atoms with Crippen molar-refractivity contribution >= 4 is 5.71 Å². The molecule has 0 fully saturated rings. The summed E-state index contributed by atoms with van der Waals surface area (Å²) in [5.41, 5.74) is 2.23. The molecule has 0 aliphatic heterocycles. The molecule has 0 atom stereocenters. The maximum atomic E-state index is 4.48. The van der Waals surface area contributed by atoms with Gasteiger partial charge >= 0.3 is 0 Å². The highest BCUT2D eigenvalue weighted by molar-refractivity contribution is 5.82. The van der Waals surface area contributed by atoms with Crippen molar-refractivity contribution in [1.29, 1.82) is 0 Å². The smallest absolute Gasteiger partial charge is 0.0333 e. The Kier molecular flexibility index (Phi) is 5.68. The van der Waals surface area contributed by atoms with E-state index < -0.39 is 0 Å². The van der Waals surface area contributed by atoms with Crippen molar-refractivity contribution in [3.05, 3.63) is 12.3 Å². The molecule has 0 unspecified atom stereocenters. The first-order valence-electron chi connectivity index (χ1n) is 5.13. The largest absolute Gasteiger partial charge is 0.263 e. The van der Waals surface area contributed by atoms with Crippen LogP contribution in [-0.2, 0) is 0 Å². The predicted octanol–water partition coefficient (Wildman–Crippen LogP) is 4.05. The lowest BCUT2D eigenvalue weighted by atomic mass is 10.1. The number of allylic oxidation sites excluding steroid dienone is 1. The molecule has 0 aromatic carbocycles. The van der Waals surface area contributed by atoms with Gasteiger partial charge in [-0.3, -0.25) is 4.99 Å². The van der Waals surface area contributed by atoms with Crippen LogP contribution in [0.4, 0.5) is 0 Å². The minimum Gasteiger partial charge on any atom is -0.263 e. The van der Waals surface area contributed by atoms with Gasteiger partial charge in [0.05, 0.1) is 0 Å². The molecule has 0 saturated carbocycles. The second kappa shape index (κ2) is 5.95. The number of hydrogen-bond donors (Lipinski definition) is 0. The molecule has 0 rings (SSSR count). The molecule has 13 heavy (non-hydrogen) atoms. The monoisotopic (exact) mass is 181 g/mol. The van der Waals surface area contributed by atoms with Crippen LogP contribution in [0.5, 0.6) is 0 Å². The van der Waals surface area contributed by atoms with Gasteiger partial charge in [0.15, 0.2) is 0 Å². The van der Waals surface area contributed by atoms with E-state index in [-0.39, 0.29) is 0 Å². The lowest BCUT2D eigenvalue weighted by molar-refractivity contribution is 0.637. The summed E-state index contributed by atoms with van der Waals surface area (Å²) >= 11 is 0. The van der Waals surface area contributed by atoms with Gasteiger partial charge in [0.25, 0.3) is 0 Å². The van der Waals surface area contributed by atoms with Crippen LogP contribution >= 0.6 is 0 Å². The summed E-state index contributed by atoms with van der Waals surface area (Å²) in [6, 6.07) is 0. The minimum absolute atomic E-state index is 0.656. The summed E-state index contributed by atoms with van der Waals surface area (Å²) in [7, 11) is 0. The van der Waals surface area contributed by atoms with E-state index >= 15 is 0 Å². The molecule has 0 N–H and O–H groups in total. The minimum atomic E-state index is 0.656. The Morgan fingerprint density at radius 1 is 1.08 bits per heavy atom. The van der Waals surface area contributed by atoms with Gasteiger partial charge in [0.1, 0.15) is 0 Å². The zero-order valence-electron chi connectivity index (χ0n) is 9.72. The number of hydrogen-bond acceptors (Lipinski definition) is 1. The molecule has 0 aliphatic carbocycles. The van der Waals surface area contributed by atoms with Gasteiger partial charge in [-0.2, -0.15) is 0 Å². The maximum absolute atomic E-state index is 4.48. The fourth-order valence-electron chi connectivity index (χ4n) is 1.42. The topological polar surface area (TPSA) is 12.4 Å². The van der Waals surface area contributed by atoms with Crippen LogP contribution in [0.3, 0.4) is 0 Å². The van der Waals surface area contributed by atoms with Gasteiger partial charge < -0.3 is 0 Å². The fourth-order valence-corrected chi connectivity index (χ4v) is 1.42. The molecule has 0 aromatic rings. The third-order valence-corrected chi connectivity index (χ3v) is 1.70. The Labute approximate surface area is 83.0 Å². The zero-order chi connectivity index (χ0) is 10.4. The van der Waals surface area contributed by atoms with Gasteiger partial charge in [0.2, 0.25) is 0 Å². The van der Waals surface area contributed by atoms with E-state index in [9.17, 15) is 0 Å². The third-order valence-electron chi connectivity index (χ3n) is 1.70. The lowest BCUT2D eigenvalue weighted by Gasteiger charge is -2.07. The quantitative estimate of drug-likeness (QED) is 0.567. The Hall–Kier alpha value is -0.590. The van der Waals surface area contributed by atoms with E-state index in [0.29, 0.717) is 11.8 Å². The third kappa shape index (κ3) is 7.76. The van der Waals surface area contributed by atoms with E-state index in [1.165, 1.54) is 5.71 Å². The zero-order valence-corrected chi connectivity index (χ0v) is 9.72. The molecule has 0 amide bonds. The van der Waals surface area contributed by atoms with Crippen molar-refractivity contribution in [3.63, 3.8) is 0 Å². The molecule has 1 heteroatoms. The Balaban J connectivity index is 3.99. The maximum Gasteiger partial charge on any atom is 0.0333 e. The molecular formula is C12H23N. The van der Waals surface area contributed by atoms with Gasteiger partial charge in [-0.25, -0.2) is 0 Å². The van der Waals surface area contributed by atoms with Crippen molar-refractivity contribution in [3.8, 4) is 0 Å². The van der Waals surface area contributed by atoms with E-state index in [1.807, 2.05) is 0 Å². The first kappa shape index (κ1) is 12.4. The van der Waals surface area contributed by atoms with Crippen LogP contribution in [0.15, 0.2) is 17.3 Å². The lowest BCUT2D eigenvalue weighted by Crippen LogP contribution is -1.99. The van der Waals surface area contributed by atoms with Crippen LogP contribution in [0, 0.1) is 11.8 Å². The summed E-state index contributed by atoms with van der Waals surface area (Å²) in [5.74, 6) is 1.35. The summed E-state index contributed by atoms with van der Waals surface area (Å²) in [4.78, 5) is 4.48. The standard InChI is InChI=1S/C12H23N/c1-9(2)7-11(5)13-12(6)8-10(3)4/h9-10H,5,7-8H2,1-4,6H3/b13-12+. The number of aliphatic imine (C=N–C) groups is 1. The van der Waals surface area contributed by atoms with Crippen molar-refractivity contribution in [1.82, 2.24) is 0 Å². The molecular weight excluding hydrogens is 158 g/mol. The van der Waals surface area contributed by atoms with Gasteiger partial charge in [-0.15, -0.1) is 0 Å². The van der Waals surface area contributed by atoms with E-state index in [1.54, 1.807) is 0 Å². The normalized spacial score (nSPS) is 12.7. The molecule has 0 aromatic heterocycles. The molecule has 0 radical (unpaired) electrons. The van der Waals surface area contributed by atoms with Crippen LogP contribution in [-0.4, -0.2) is 5.71 Å². The molecule has 1 nitrogen and oxygen atoms in total. The molecule has 0 saturated heterocycles. The first-order valence-corrected chi connectivity index (χ1v) is 5.13. The first-order chi connectivity index (χ1) is 5.91. The molecule has 76 valence electrons. The van der Waals surface area contributed by atoms with Crippen LogP contribution in [0.25, 0.3) is 0 Å². The molecule has 0 heterocycles. The number of nitrogens with zero attached hydrogens (tertiary/aromatic N) is 1. The predicted molar refractivity (Wildman–Crippen MR) is 61.2 cm³/mol. The highest BCUT2D eigenvalue weighted by atomic mass is 14.7. The second-order valence-electron chi connectivity index (χ2n) is 4.61. The van der Waals surface area contributed by atoms with Crippen molar-refractivity contribution in [2.24, 2.45) is 16.8 Å². The van der Waals surface area contributed by atoms with Crippen LogP contribution in [0.1, 0.15) is 47.5 Å². The highest BCUT2D eigenvalue weighted by Gasteiger charge is 2.00. The summed E-state index contributed by atoms with van der Waals surface area (Å²) in [5, 5.41) is 0. The average molecular weight is 181 g/mol. The Morgan fingerprint density at radius 2 is 1.54 bits per heavy atom. The van der Waals surface area contributed by atoms with Crippen molar-refractivity contribution in [2.45, 2.75) is 47.5 Å². The van der Waals surface area contributed by atoms with Gasteiger partial charge in [-0.1, -0.05) is 34.3 Å². The van der Waals surface area contributed by atoms with Gasteiger partial charge in [0, 0.05) is 11.4 Å². The van der Waals surface area contributed by atoms with Crippen LogP contribution < -0.4 is 0 Å². The molecule has 0 spiro atoms. The Morgan fingerprint density at radius 3 is 1.92 bits per heavy atom.